The molecule has 12 heteroatoms. The molecule has 0 saturated carbocycles. The zero-order chi connectivity index (χ0) is 20.1. The molecule has 0 amide bonds. The summed E-state index contributed by atoms with van der Waals surface area (Å²) in [5.41, 5.74) is 6.12. The Morgan fingerprint density at radius 3 is 2.74 bits per heavy atom. The van der Waals surface area contributed by atoms with Gasteiger partial charge in [-0.15, -0.1) is 0 Å². The highest BCUT2D eigenvalue weighted by molar-refractivity contribution is 6.34. The summed E-state index contributed by atoms with van der Waals surface area (Å²) >= 11 is 11.7. The zero-order valence-electron chi connectivity index (χ0n) is 14.3. The number of nitrogens with two attached hydrogens (primary N) is 1. The van der Waals surface area contributed by atoms with Gasteiger partial charge in [-0.25, -0.2) is 4.79 Å². The second kappa shape index (κ2) is 8.69. The van der Waals surface area contributed by atoms with E-state index in [1.807, 2.05) is 0 Å². The SMILES string of the molecule is Cc1nn(C/C(N)=N\OC(=O)COc2cc(Cl)ccc2Cl)c(C)c1[N+](=O)[O-]. The van der Waals surface area contributed by atoms with Crippen LogP contribution in [0.2, 0.25) is 10.0 Å². The molecule has 144 valence electrons. The van der Waals surface area contributed by atoms with Gasteiger partial charge in [-0.05, 0) is 26.0 Å². The molecule has 0 aliphatic heterocycles. The molecule has 0 bridgehead atoms. The first-order valence-corrected chi connectivity index (χ1v) is 8.23. The van der Waals surface area contributed by atoms with Gasteiger partial charge >= 0.3 is 11.7 Å². The van der Waals surface area contributed by atoms with E-state index in [4.69, 9.17) is 33.7 Å². The minimum atomic E-state index is -0.826. The number of carbonyl (C=O) groups excluding carboxylic acids is 1. The lowest BCUT2D eigenvalue weighted by molar-refractivity contribution is -0.386. The predicted molar refractivity (Wildman–Crippen MR) is 98.0 cm³/mol. The van der Waals surface area contributed by atoms with E-state index >= 15 is 0 Å². The molecule has 2 N–H and O–H groups in total. The number of hydrogen-bond acceptors (Lipinski definition) is 7. The molecule has 0 radical (unpaired) electrons. The molecule has 1 aromatic carbocycles. The third kappa shape index (κ3) is 5.31. The summed E-state index contributed by atoms with van der Waals surface area (Å²) in [4.78, 5) is 26.8. The van der Waals surface area contributed by atoms with Gasteiger partial charge in [0, 0.05) is 11.1 Å². The lowest BCUT2D eigenvalue weighted by atomic mass is 10.3. The average Bonchev–Trinajstić information content (AvgIpc) is 2.87. The maximum absolute atomic E-state index is 11.7. The van der Waals surface area contributed by atoms with Crippen molar-refractivity contribution < 1.29 is 19.3 Å². The number of oxime groups is 1. The highest BCUT2D eigenvalue weighted by Crippen LogP contribution is 2.27. The monoisotopic (exact) mass is 415 g/mol. The molecule has 1 heterocycles. The van der Waals surface area contributed by atoms with Crippen molar-refractivity contribution in [3.63, 3.8) is 0 Å². The fraction of sp³-hybridized carbons (Fsp3) is 0.267. The molecule has 2 aromatic rings. The predicted octanol–water partition coefficient (Wildman–Crippen LogP) is 2.61. The van der Waals surface area contributed by atoms with Gasteiger partial charge in [-0.1, -0.05) is 28.4 Å². The van der Waals surface area contributed by atoms with Gasteiger partial charge in [0.05, 0.1) is 9.95 Å². The smallest absolute Gasteiger partial charge is 0.372 e. The van der Waals surface area contributed by atoms with Crippen LogP contribution >= 0.6 is 23.2 Å². The highest BCUT2D eigenvalue weighted by atomic mass is 35.5. The first-order valence-electron chi connectivity index (χ1n) is 7.47. The van der Waals surface area contributed by atoms with Crippen LogP contribution in [0, 0.1) is 24.0 Å². The van der Waals surface area contributed by atoms with Crippen molar-refractivity contribution in [2.24, 2.45) is 10.9 Å². The van der Waals surface area contributed by atoms with Crippen molar-refractivity contribution in [1.82, 2.24) is 9.78 Å². The molecule has 0 fully saturated rings. The second-order valence-electron chi connectivity index (χ2n) is 5.34. The molecular formula is C15H15Cl2N5O5. The molecule has 10 nitrogen and oxygen atoms in total. The number of ether oxygens (including phenoxy) is 1. The van der Waals surface area contributed by atoms with Gasteiger partial charge in [0.25, 0.3) is 0 Å². The van der Waals surface area contributed by atoms with E-state index < -0.39 is 17.5 Å². The average molecular weight is 416 g/mol. The molecule has 2 rings (SSSR count). The zero-order valence-corrected chi connectivity index (χ0v) is 15.8. The van der Waals surface area contributed by atoms with E-state index in [1.54, 1.807) is 6.07 Å². The lowest BCUT2D eigenvalue weighted by Gasteiger charge is -2.07. The maximum atomic E-state index is 11.7. The Hall–Kier alpha value is -2.85. The Kier molecular flexibility index (Phi) is 6.59. The number of aryl methyl sites for hydroxylation is 1. The standard InChI is InChI=1S/C15H15Cl2N5O5/c1-8-15(22(24)25)9(2)21(19-8)6-13(18)20-27-14(23)7-26-12-5-10(16)3-4-11(12)17/h3-5H,6-7H2,1-2H3,(H2,18,20). The summed E-state index contributed by atoms with van der Waals surface area (Å²) in [6, 6.07) is 4.54. The molecule has 0 aliphatic rings. The van der Waals surface area contributed by atoms with E-state index in [9.17, 15) is 14.9 Å². The number of nitrogens with zero attached hydrogens (tertiary/aromatic N) is 4. The summed E-state index contributed by atoms with van der Waals surface area (Å²) in [6.07, 6.45) is 0. The number of halogens is 2. The van der Waals surface area contributed by atoms with Gasteiger partial charge in [0.15, 0.2) is 12.4 Å². The molecule has 1 aromatic heterocycles. The van der Waals surface area contributed by atoms with Gasteiger partial charge < -0.3 is 15.3 Å². The van der Waals surface area contributed by atoms with E-state index in [0.29, 0.717) is 10.7 Å². The third-order valence-electron chi connectivity index (χ3n) is 3.34. The lowest BCUT2D eigenvalue weighted by Crippen LogP contribution is -2.23. The number of aromatic nitrogens is 2. The molecule has 0 atom stereocenters. The maximum Gasteiger partial charge on any atom is 0.372 e. The van der Waals surface area contributed by atoms with E-state index in [2.05, 4.69) is 15.1 Å². The Labute approximate surface area is 163 Å². The van der Waals surface area contributed by atoms with Crippen LogP contribution in [-0.2, 0) is 16.2 Å². The molecule has 0 saturated heterocycles. The van der Waals surface area contributed by atoms with Crippen LogP contribution in [0.3, 0.4) is 0 Å². The normalized spacial score (nSPS) is 11.3. The number of benzene rings is 1. The molecular weight excluding hydrogens is 401 g/mol. The molecule has 0 unspecified atom stereocenters. The van der Waals surface area contributed by atoms with Crippen molar-refractivity contribution in [3.05, 3.63) is 49.7 Å². The topological polar surface area (TPSA) is 135 Å². The minimum Gasteiger partial charge on any atom is -0.480 e. The summed E-state index contributed by atoms with van der Waals surface area (Å²) in [7, 11) is 0. The Balaban J connectivity index is 1.93. The first-order chi connectivity index (χ1) is 12.7. The number of rotatable bonds is 7. The highest BCUT2D eigenvalue weighted by Gasteiger charge is 2.22. The first kappa shape index (κ1) is 20.5. The van der Waals surface area contributed by atoms with Crippen LogP contribution in [0.25, 0.3) is 0 Å². The van der Waals surface area contributed by atoms with E-state index in [1.165, 1.54) is 30.7 Å². The van der Waals surface area contributed by atoms with Crippen molar-refractivity contribution in [2.45, 2.75) is 20.4 Å². The van der Waals surface area contributed by atoms with Crippen LogP contribution in [0.4, 0.5) is 5.69 Å². The summed E-state index contributed by atoms with van der Waals surface area (Å²) in [5.74, 6) is -0.717. The number of hydrogen-bond donors (Lipinski definition) is 1. The Morgan fingerprint density at radius 1 is 1.41 bits per heavy atom. The van der Waals surface area contributed by atoms with Crippen molar-refractivity contribution in [2.75, 3.05) is 6.61 Å². The largest absolute Gasteiger partial charge is 0.480 e. The molecule has 27 heavy (non-hydrogen) atoms. The van der Waals surface area contributed by atoms with Gasteiger partial charge in [-0.2, -0.15) is 5.10 Å². The second-order valence-corrected chi connectivity index (χ2v) is 6.19. The fourth-order valence-electron chi connectivity index (χ4n) is 2.15. The Morgan fingerprint density at radius 2 is 2.11 bits per heavy atom. The van der Waals surface area contributed by atoms with Crippen LogP contribution in [0.5, 0.6) is 5.75 Å². The van der Waals surface area contributed by atoms with Crippen molar-refractivity contribution >= 4 is 40.7 Å². The van der Waals surface area contributed by atoms with Crippen LogP contribution < -0.4 is 10.5 Å². The third-order valence-corrected chi connectivity index (χ3v) is 3.89. The van der Waals surface area contributed by atoms with Crippen LogP contribution in [0.15, 0.2) is 23.4 Å². The van der Waals surface area contributed by atoms with Crippen molar-refractivity contribution in [1.29, 1.82) is 0 Å². The minimum absolute atomic E-state index is 0.0885. The van der Waals surface area contributed by atoms with Crippen molar-refractivity contribution in [3.8, 4) is 5.75 Å². The van der Waals surface area contributed by atoms with Gasteiger partial charge in [-0.3, -0.25) is 14.8 Å². The summed E-state index contributed by atoms with van der Waals surface area (Å²) < 4.78 is 6.50. The summed E-state index contributed by atoms with van der Waals surface area (Å²) in [5, 5.41) is 19.1. The Bertz CT molecular complexity index is 912. The summed E-state index contributed by atoms with van der Waals surface area (Å²) in [6.45, 7) is 2.48. The molecule has 0 aliphatic carbocycles. The van der Waals surface area contributed by atoms with Gasteiger partial charge in [0.2, 0.25) is 0 Å². The molecule has 0 spiro atoms. The number of nitro groups is 1. The van der Waals surface area contributed by atoms with Gasteiger partial charge in [0.1, 0.15) is 23.7 Å². The fourth-order valence-corrected chi connectivity index (χ4v) is 2.48. The number of carbonyl (C=O) groups is 1. The van der Waals surface area contributed by atoms with Crippen LogP contribution in [-0.4, -0.2) is 33.1 Å². The quantitative estimate of drug-likeness (QED) is 0.241. The van der Waals surface area contributed by atoms with Crippen LogP contribution in [0.1, 0.15) is 11.4 Å². The number of amidine groups is 1. The van der Waals surface area contributed by atoms with E-state index in [-0.39, 0.29) is 34.5 Å². The van der Waals surface area contributed by atoms with E-state index in [0.717, 1.165) is 0 Å².